The lowest BCUT2D eigenvalue weighted by Gasteiger charge is -2.10. The summed E-state index contributed by atoms with van der Waals surface area (Å²) in [5.74, 6) is 1.36. The number of benzene rings is 1. The molecule has 0 unspecified atom stereocenters. The van der Waals surface area contributed by atoms with Crippen LogP contribution in [-0.2, 0) is 6.61 Å². The minimum absolute atomic E-state index is 0.346. The zero-order valence-electron chi connectivity index (χ0n) is 12.1. The van der Waals surface area contributed by atoms with Crippen molar-refractivity contribution in [2.45, 2.75) is 13.5 Å². The normalized spacial score (nSPS) is 10.4. The molecule has 3 rings (SSSR count). The van der Waals surface area contributed by atoms with Gasteiger partial charge in [0.15, 0.2) is 12.1 Å². The van der Waals surface area contributed by atoms with E-state index in [1.54, 1.807) is 23.1 Å². The van der Waals surface area contributed by atoms with Crippen molar-refractivity contribution in [1.29, 1.82) is 0 Å². The summed E-state index contributed by atoms with van der Waals surface area (Å²) in [6.07, 6.45) is 6.12. The van der Waals surface area contributed by atoms with E-state index >= 15 is 0 Å². The fraction of sp³-hybridized carbons (Fsp3) is 0.118. The quantitative estimate of drug-likeness (QED) is 0.679. The highest BCUT2D eigenvalue weighted by molar-refractivity contribution is 5.80. The SMILES string of the molecule is Cc1cccc(C=O)c1OCc1cnn(-c2ccccn2)c1. The molecule has 0 aliphatic rings. The second-order valence-corrected chi connectivity index (χ2v) is 4.88. The van der Waals surface area contributed by atoms with Crippen LogP contribution in [0, 0.1) is 6.92 Å². The molecule has 5 heteroatoms. The van der Waals surface area contributed by atoms with E-state index in [-0.39, 0.29) is 0 Å². The third-order valence-corrected chi connectivity index (χ3v) is 3.27. The third kappa shape index (κ3) is 2.88. The monoisotopic (exact) mass is 293 g/mol. The van der Waals surface area contributed by atoms with E-state index in [2.05, 4.69) is 10.1 Å². The van der Waals surface area contributed by atoms with Crippen LogP contribution in [0.4, 0.5) is 0 Å². The average molecular weight is 293 g/mol. The van der Waals surface area contributed by atoms with Crippen LogP contribution >= 0.6 is 0 Å². The van der Waals surface area contributed by atoms with Crippen LogP contribution in [0.25, 0.3) is 5.82 Å². The van der Waals surface area contributed by atoms with Crippen molar-refractivity contribution >= 4 is 6.29 Å². The molecule has 0 atom stereocenters. The lowest BCUT2D eigenvalue weighted by atomic mass is 10.1. The van der Waals surface area contributed by atoms with E-state index in [0.717, 1.165) is 23.2 Å². The first-order chi connectivity index (χ1) is 10.8. The van der Waals surface area contributed by atoms with Gasteiger partial charge < -0.3 is 4.74 Å². The smallest absolute Gasteiger partial charge is 0.153 e. The zero-order chi connectivity index (χ0) is 15.4. The summed E-state index contributed by atoms with van der Waals surface area (Å²) in [4.78, 5) is 15.3. The van der Waals surface area contributed by atoms with Crippen LogP contribution < -0.4 is 4.74 Å². The van der Waals surface area contributed by atoms with Crippen molar-refractivity contribution in [3.8, 4) is 11.6 Å². The van der Waals surface area contributed by atoms with Crippen LogP contribution in [-0.4, -0.2) is 21.1 Å². The Balaban J connectivity index is 1.76. The summed E-state index contributed by atoms with van der Waals surface area (Å²) in [5, 5.41) is 4.27. The molecule has 5 nitrogen and oxygen atoms in total. The fourth-order valence-electron chi connectivity index (χ4n) is 2.17. The number of para-hydroxylation sites is 1. The van der Waals surface area contributed by atoms with Crippen molar-refractivity contribution in [3.63, 3.8) is 0 Å². The molecule has 0 bridgehead atoms. The van der Waals surface area contributed by atoms with Crippen molar-refractivity contribution in [2.24, 2.45) is 0 Å². The molecule has 0 aliphatic heterocycles. The Morgan fingerprint density at radius 3 is 2.91 bits per heavy atom. The molecule has 2 aromatic heterocycles. The number of aromatic nitrogens is 3. The predicted molar refractivity (Wildman–Crippen MR) is 82.3 cm³/mol. The molecule has 0 amide bonds. The molecule has 1 aromatic carbocycles. The van der Waals surface area contributed by atoms with Crippen molar-refractivity contribution < 1.29 is 9.53 Å². The minimum Gasteiger partial charge on any atom is -0.488 e. The number of rotatable bonds is 5. The summed E-state index contributed by atoms with van der Waals surface area (Å²) in [7, 11) is 0. The zero-order valence-corrected chi connectivity index (χ0v) is 12.1. The number of carbonyl (C=O) groups is 1. The topological polar surface area (TPSA) is 57.0 Å². The van der Waals surface area contributed by atoms with Gasteiger partial charge in [-0.1, -0.05) is 18.2 Å². The van der Waals surface area contributed by atoms with E-state index in [4.69, 9.17) is 4.74 Å². The van der Waals surface area contributed by atoms with Gasteiger partial charge in [0.2, 0.25) is 0 Å². The van der Waals surface area contributed by atoms with Gasteiger partial charge in [0.1, 0.15) is 12.4 Å². The second kappa shape index (κ2) is 6.22. The molecule has 3 aromatic rings. The Morgan fingerprint density at radius 1 is 1.23 bits per heavy atom. The van der Waals surface area contributed by atoms with Crippen molar-refractivity contribution in [3.05, 3.63) is 71.7 Å². The van der Waals surface area contributed by atoms with Gasteiger partial charge >= 0.3 is 0 Å². The summed E-state index contributed by atoms with van der Waals surface area (Å²) in [6, 6.07) is 11.1. The largest absolute Gasteiger partial charge is 0.488 e. The van der Waals surface area contributed by atoms with Crippen LogP contribution in [0.5, 0.6) is 5.75 Å². The van der Waals surface area contributed by atoms with E-state index < -0.39 is 0 Å². The first-order valence-corrected chi connectivity index (χ1v) is 6.90. The van der Waals surface area contributed by atoms with Gasteiger partial charge in [-0.25, -0.2) is 9.67 Å². The molecule has 0 N–H and O–H groups in total. The van der Waals surface area contributed by atoms with E-state index in [1.165, 1.54) is 0 Å². The Labute approximate surface area is 128 Å². The Morgan fingerprint density at radius 2 is 2.14 bits per heavy atom. The van der Waals surface area contributed by atoms with Crippen molar-refractivity contribution in [2.75, 3.05) is 0 Å². The molecule has 0 aliphatic carbocycles. The maximum Gasteiger partial charge on any atom is 0.153 e. The molecule has 22 heavy (non-hydrogen) atoms. The molecule has 0 spiro atoms. The minimum atomic E-state index is 0.346. The maximum absolute atomic E-state index is 11.1. The molecule has 0 saturated carbocycles. The lowest BCUT2D eigenvalue weighted by molar-refractivity contribution is 0.111. The highest BCUT2D eigenvalue weighted by Crippen LogP contribution is 2.23. The summed E-state index contributed by atoms with van der Waals surface area (Å²) in [6.45, 7) is 2.26. The number of aldehydes is 1. The second-order valence-electron chi connectivity index (χ2n) is 4.88. The van der Waals surface area contributed by atoms with Gasteiger partial charge in [-0.05, 0) is 30.7 Å². The highest BCUT2D eigenvalue weighted by Gasteiger charge is 2.08. The number of hydrogen-bond donors (Lipinski definition) is 0. The Hall–Kier alpha value is -2.95. The van der Waals surface area contributed by atoms with Gasteiger partial charge in [0, 0.05) is 18.0 Å². The summed E-state index contributed by atoms with van der Waals surface area (Å²) in [5.41, 5.74) is 2.39. The summed E-state index contributed by atoms with van der Waals surface area (Å²) < 4.78 is 7.48. The predicted octanol–water partition coefficient (Wildman–Crippen LogP) is 2.97. The van der Waals surface area contributed by atoms with Gasteiger partial charge in [-0.2, -0.15) is 5.10 Å². The van der Waals surface area contributed by atoms with Crippen LogP contribution in [0.1, 0.15) is 21.5 Å². The standard InChI is InChI=1S/C17H15N3O2/c1-13-5-4-6-15(11-21)17(13)22-12-14-9-19-20(10-14)16-7-2-3-8-18-16/h2-11H,12H2,1H3. The number of nitrogens with zero attached hydrogens (tertiary/aromatic N) is 3. The fourth-order valence-corrected chi connectivity index (χ4v) is 2.17. The molecule has 0 saturated heterocycles. The van der Waals surface area contributed by atoms with Crippen LogP contribution in [0.3, 0.4) is 0 Å². The molecule has 0 fully saturated rings. The van der Waals surface area contributed by atoms with Crippen molar-refractivity contribution in [1.82, 2.24) is 14.8 Å². The number of ether oxygens (including phenoxy) is 1. The third-order valence-electron chi connectivity index (χ3n) is 3.27. The van der Waals surface area contributed by atoms with Gasteiger partial charge in [0.25, 0.3) is 0 Å². The summed E-state index contributed by atoms with van der Waals surface area (Å²) >= 11 is 0. The van der Waals surface area contributed by atoms with Gasteiger partial charge in [-0.15, -0.1) is 0 Å². The van der Waals surface area contributed by atoms with Crippen LogP contribution in [0.15, 0.2) is 55.0 Å². The van der Waals surface area contributed by atoms with E-state index in [9.17, 15) is 4.79 Å². The number of pyridine rings is 1. The first-order valence-electron chi connectivity index (χ1n) is 6.90. The maximum atomic E-state index is 11.1. The van der Waals surface area contributed by atoms with E-state index in [1.807, 2.05) is 43.5 Å². The number of aryl methyl sites for hydroxylation is 1. The van der Waals surface area contributed by atoms with Gasteiger partial charge in [-0.3, -0.25) is 4.79 Å². The molecule has 2 heterocycles. The van der Waals surface area contributed by atoms with E-state index in [0.29, 0.717) is 17.9 Å². The Bertz CT molecular complexity index is 782. The van der Waals surface area contributed by atoms with Crippen LogP contribution in [0.2, 0.25) is 0 Å². The molecule has 110 valence electrons. The first kappa shape index (κ1) is 14.0. The molecule has 0 radical (unpaired) electrons. The highest BCUT2D eigenvalue weighted by atomic mass is 16.5. The molecular weight excluding hydrogens is 278 g/mol. The Kier molecular flexibility index (Phi) is 3.96. The van der Waals surface area contributed by atoms with Gasteiger partial charge in [0.05, 0.1) is 11.8 Å². The molecular formula is C17H15N3O2. The number of carbonyl (C=O) groups excluding carboxylic acids is 1. The lowest BCUT2D eigenvalue weighted by Crippen LogP contribution is -2.00. The number of hydrogen-bond acceptors (Lipinski definition) is 4. The average Bonchev–Trinajstić information content (AvgIpc) is 3.03.